The first kappa shape index (κ1) is 12.7. The number of rotatable bonds is 2. The third-order valence-electron chi connectivity index (χ3n) is 3.02. The summed E-state index contributed by atoms with van der Waals surface area (Å²) in [6.45, 7) is 0. The largest absolute Gasteiger partial charge is 0.422 e. The summed E-state index contributed by atoms with van der Waals surface area (Å²) < 4.78 is 5.39. The molecule has 0 amide bonds. The lowest BCUT2D eigenvalue weighted by Gasteiger charge is -2.05. The van der Waals surface area contributed by atoms with Gasteiger partial charge >= 0.3 is 5.63 Å². The zero-order chi connectivity index (χ0) is 13.9. The molecule has 0 radical (unpaired) electrons. The molecular formula is C17H11ClO2. The van der Waals surface area contributed by atoms with Gasteiger partial charge in [0, 0.05) is 11.6 Å². The molecule has 0 N–H and O–H groups in total. The van der Waals surface area contributed by atoms with Gasteiger partial charge in [0.1, 0.15) is 5.76 Å². The molecule has 1 aromatic heterocycles. The molecule has 1 heterocycles. The van der Waals surface area contributed by atoms with Crippen molar-refractivity contribution in [1.82, 2.24) is 0 Å². The summed E-state index contributed by atoms with van der Waals surface area (Å²) in [5, 5.41) is 0.395. The van der Waals surface area contributed by atoms with Gasteiger partial charge < -0.3 is 4.42 Å². The van der Waals surface area contributed by atoms with Gasteiger partial charge in [0.05, 0.1) is 10.6 Å². The molecular weight excluding hydrogens is 272 g/mol. The van der Waals surface area contributed by atoms with Crippen LogP contribution in [0.25, 0.3) is 22.5 Å². The molecule has 0 saturated heterocycles. The highest BCUT2D eigenvalue weighted by molar-refractivity contribution is 6.33. The maximum Gasteiger partial charge on any atom is 0.345 e. The van der Waals surface area contributed by atoms with Crippen molar-refractivity contribution >= 4 is 11.6 Å². The quantitative estimate of drug-likeness (QED) is 0.686. The Hall–Kier alpha value is -2.32. The van der Waals surface area contributed by atoms with Crippen LogP contribution in [0.2, 0.25) is 5.02 Å². The minimum atomic E-state index is -0.428. The summed E-state index contributed by atoms with van der Waals surface area (Å²) in [5.74, 6) is 0.472. The molecule has 3 heteroatoms. The lowest BCUT2D eigenvalue weighted by atomic mass is 10.1. The summed E-state index contributed by atoms with van der Waals surface area (Å²) in [6, 6.07) is 20.4. The van der Waals surface area contributed by atoms with Crippen molar-refractivity contribution in [2.45, 2.75) is 0 Å². The third-order valence-corrected chi connectivity index (χ3v) is 3.32. The lowest BCUT2D eigenvalue weighted by molar-refractivity contribution is 0.528. The Kier molecular flexibility index (Phi) is 3.40. The zero-order valence-corrected chi connectivity index (χ0v) is 11.3. The van der Waals surface area contributed by atoms with E-state index >= 15 is 0 Å². The van der Waals surface area contributed by atoms with Crippen molar-refractivity contribution in [2.24, 2.45) is 0 Å². The predicted octanol–water partition coefficient (Wildman–Crippen LogP) is 4.63. The fourth-order valence-electron chi connectivity index (χ4n) is 2.07. The van der Waals surface area contributed by atoms with E-state index < -0.39 is 5.63 Å². The van der Waals surface area contributed by atoms with Crippen LogP contribution in [0, 0.1) is 0 Å². The maximum atomic E-state index is 12.2. The highest BCUT2D eigenvalue weighted by Gasteiger charge is 2.13. The van der Waals surface area contributed by atoms with Gasteiger partial charge in [-0.25, -0.2) is 4.79 Å². The van der Waals surface area contributed by atoms with Crippen LogP contribution in [-0.2, 0) is 0 Å². The van der Waals surface area contributed by atoms with E-state index in [-0.39, 0.29) is 0 Å². The summed E-state index contributed by atoms with van der Waals surface area (Å²) in [7, 11) is 0. The Morgan fingerprint density at radius 1 is 0.800 bits per heavy atom. The molecule has 0 atom stereocenters. The van der Waals surface area contributed by atoms with Gasteiger partial charge in [-0.05, 0) is 5.56 Å². The van der Waals surface area contributed by atoms with Crippen LogP contribution in [0.15, 0.2) is 75.9 Å². The first-order valence-electron chi connectivity index (χ1n) is 6.20. The van der Waals surface area contributed by atoms with Crippen LogP contribution < -0.4 is 5.63 Å². The molecule has 98 valence electrons. The van der Waals surface area contributed by atoms with E-state index in [2.05, 4.69) is 0 Å². The molecule has 0 fully saturated rings. The number of benzene rings is 2. The summed E-state index contributed by atoms with van der Waals surface area (Å²) in [6.07, 6.45) is 0. The highest BCUT2D eigenvalue weighted by Crippen LogP contribution is 2.28. The fourth-order valence-corrected chi connectivity index (χ4v) is 2.36. The molecule has 3 rings (SSSR count). The Morgan fingerprint density at radius 3 is 1.90 bits per heavy atom. The second-order valence-electron chi connectivity index (χ2n) is 4.35. The van der Waals surface area contributed by atoms with E-state index in [0.29, 0.717) is 16.3 Å². The molecule has 2 nitrogen and oxygen atoms in total. The molecule has 0 aliphatic carbocycles. The molecule has 0 aliphatic heterocycles. The highest BCUT2D eigenvalue weighted by atomic mass is 35.5. The van der Waals surface area contributed by atoms with Gasteiger partial charge in [-0.2, -0.15) is 0 Å². The minimum Gasteiger partial charge on any atom is -0.422 e. The smallest absolute Gasteiger partial charge is 0.345 e. The van der Waals surface area contributed by atoms with Crippen molar-refractivity contribution in [3.63, 3.8) is 0 Å². The van der Waals surface area contributed by atoms with Gasteiger partial charge in [-0.15, -0.1) is 0 Å². The second kappa shape index (κ2) is 5.35. The Balaban J connectivity index is 2.16. The van der Waals surface area contributed by atoms with Crippen LogP contribution in [0.4, 0.5) is 0 Å². The van der Waals surface area contributed by atoms with Crippen molar-refractivity contribution in [3.8, 4) is 22.5 Å². The van der Waals surface area contributed by atoms with Crippen LogP contribution >= 0.6 is 11.6 Å². The number of hydrogen-bond acceptors (Lipinski definition) is 2. The first-order chi connectivity index (χ1) is 9.75. The van der Waals surface area contributed by atoms with Crippen molar-refractivity contribution in [2.75, 3.05) is 0 Å². The summed E-state index contributed by atoms with van der Waals surface area (Å²) >= 11 is 6.26. The predicted molar refractivity (Wildman–Crippen MR) is 80.9 cm³/mol. The Bertz CT molecular complexity index is 777. The molecule has 0 spiro atoms. The molecule has 20 heavy (non-hydrogen) atoms. The van der Waals surface area contributed by atoms with Crippen molar-refractivity contribution in [3.05, 3.63) is 82.2 Å². The SMILES string of the molecule is O=c1oc(-c2ccccc2)cc(Cl)c1-c1ccccc1. The van der Waals surface area contributed by atoms with Gasteiger partial charge in [0.15, 0.2) is 0 Å². The van der Waals surface area contributed by atoms with E-state index in [1.54, 1.807) is 6.07 Å². The van der Waals surface area contributed by atoms with Gasteiger partial charge in [0.2, 0.25) is 0 Å². The van der Waals surface area contributed by atoms with E-state index in [0.717, 1.165) is 11.1 Å². The van der Waals surface area contributed by atoms with Crippen LogP contribution in [0.5, 0.6) is 0 Å². The molecule has 0 unspecified atom stereocenters. The van der Waals surface area contributed by atoms with Gasteiger partial charge in [-0.1, -0.05) is 72.3 Å². The van der Waals surface area contributed by atoms with Crippen LogP contribution in [-0.4, -0.2) is 0 Å². The maximum absolute atomic E-state index is 12.2. The molecule has 2 aromatic carbocycles. The van der Waals surface area contributed by atoms with Crippen molar-refractivity contribution < 1.29 is 4.42 Å². The standard InChI is InChI=1S/C17H11ClO2/c18-14-11-15(12-7-3-1-4-8-12)20-17(19)16(14)13-9-5-2-6-10-13/h1-11H. The molecule has 0 aliphatic rings. The number of hydrogen-bond donors (Lipinski definition) is 0. The molecule has 0 bridgehead atoms. The van der Waals surface area contributed by atoms with Crippen LogP contribution in [0.1, 0.15) is 0 Å². The Morgan fingerprint density at radius 2 is 1.35 bits per heavy atom. The Labute approximate surface area is 121 Å². The molecule has 3 aromatic rings. The lowest BCUT2D eigenvalue weighted by Crippen LogP contribution is -2.04. The van der Waals surface area contributed by atoms with E-state index in [9.17, 15) is 4.79 Å². The minimum absolute atomic E-state index is 0.395. The zero-order valence-electron chi connectivity index (χ0n) is 10.5. The molecule has 0 saturated carbocycles. The van der Waals surface area contributed by atoms with Gasteiger partial charge in [-0.3, -0.25) is 0 Å². The van der Waals surface area contributed by atoms with E-state index in [1.807, 2.05) is 60.7 Å². The average Bonchev–Trinajstić information content (AvgIpc) is 2.48. The van der Waals surface area contributed by atoms with E-state index in [1.165, 1.54) is 0 Å². The van der Waals surface area contributed by atoms with Gasteiger partial charge in [0.25, 0.3) is 0 Å². The number of halogens is 1. The van der Waals surface area contributed by atoms with Crippen molar-refractivity contribution in [1.29, 1.82) is 0 Å². The fraction of sp³-hybridized carbons (Fsp3) is 0. The summed E-state index contributed by atoms with van der Waals surface area (Å²) in [4.78, 5) is 12.2. The topological polar surface area (TPSA) is 30.2 Å². The van der Waals surface area contributed by atoms with Crippen LogP contribution in [0.3, 0.4) is 0 Å². The third kappa shape index (κ3) is 2.38. The second-order valence-corrected chi connectivity index (χ2v) is 4.76. The average molecular weight is 283 g/mol. The summed E-state index contributed by atoms with van der Waals surface area (Å²) in [5.41, 5.74) is 1.55. The normalized spacial score (nSPS) is 10.4. The monoisotopic (exact) mass is 282 g/mol. The first-order valence-corrected chi connectivity index (χ1v) is 6.58. The van der Waals surface area contributed by atoms with E-state index in [4.69, 9.17) is 16.0 Å².